The van der Waals surface area contributed by atoms with Crippen molar-refractivity contribution in [3.05, 3.63) is 36.1 Å². The van der Waals surface area contributed by atoms with Gasteiger partial charge in [0.05, 0.1) is 6.26 Å². The summed E-state index contributed by atoms with van der Waals surface area (Å²) in [4.78, 5) is 0. The number of hydrogen-bond donors (Lipinski definition) is 1. The molecule has 2 atom stereocenters. The van der Waals surface area contributed by atoms with Crippen LogP contribution in [-0.2, 0) is 4.74 Å². The van der Waals surface area contributed by atoms with Crippen LogP contribution in [0.1, 0.15) is 0 Å². The molecule has 0 saturated heterocycles. The van der Waals surface area contributed by atoms with Crippen molar-refractivity contribution in [2.75, 3.05) is 6.54 Å². The molecule has 0 fully saturated rings. The molecule has 58 valence electrons. The number of ether oxygens (including phenoxy) is 1. The first kappa shape index (κ1) is 6.68. The second-order valence-electron chi connectivity index (χ2n) is 2.81. The Labute approximate surface area is 66.0 Å². The molecule has 0 bridgehead atoms. The lowest BCUT2D eigenvalue weighted by Gasteiger charge is -2.16. The summed E-state index contributed by atoms with van der Waals surface area (Å²) in [7, 11) is 0. The van der Waals surface area contributed by atoms with Gasteiger partial charge in [0.2, 0.25) is 0 Å². The van der Waals surface area contributed by atoms with Gasteiger partial charge in [-0.15, -0.1) is 0 Å². The van der Waals surface area contributed by atoms with Crippen LogP contribution in [-0.4, -0.2) is 12.6 Å². The number of fused-ring (bicyclic) bond motifs is 1. The predicted molar refractivity (Wildman–Crippen MR) is 43.8 cm³/mol. The molecule has 11 heavy (non-hydrogen) atoms. The van der Waals surface area contributed by atoms with Crippen LogP contribution >= 0.6 is 0 Å². The molecule has 0 amide bonds. The Kier molecular flexibility index (Phi) is 1.55. The first-order valence-electron chi connectivity index (χ1n) is 3.81. The summed E-state index contributed by atoms with van der Waals surface area (Å²) in [6.45, 7) is 0.619. The van der Waals surface area contributed by atoms with E-state index in [9.17, 15) is 0 Å². The van der Waals surface area contributed by atoms with E-state index in [4.69, 9.17) is 10.5 Å². The van der Waals surface area contributed by atoms with E-state index >= 15 is 0 Å². The third-order valence-electron chi connectivity index (χ3n) is 2.06. The van der Waals surface area contributed by atoms with E-state index in [1.807, 2.05) is 6.08 Å². The maximum atomic E-state index is 5.50. The predicted octanol–water partition coefficient (Wildman–Crippen LogP) is 0.970. The molecular weight excluding hydrogens is 138 g/mol. The maximum absolute atomic E-state index is 5.50. The van der Waals surface area contributed by atoms with Crippen molar-refractivity contribution in [2.24, 2.45) is 11.7 Å². The Morgan fingerprint density at radius 3 is 3.18 bits per heavy atom. The molecule has 0 saturated carbocycles. The second kappa shape index (κ2) is 2.55. The van der Waals surface area contributed by atoms with Gasteiger partial charge >= 0.3 is 0 Å². The molecule has 0 radical (unpaired) electrons. The van der Waals surface area contributed by atoms with Gasteiger partial charge in [-0.3, -0.25) is 0 Å². The molecule has 0 spiro atoms. The highest BCUT2D eigenvalue weighted by Gasteiger charge is 2.22. The Bertz CT molecular complexity index is 240. The van der Waals surface area contributed by atoms with Crippen molar-refractivity contribution in [1.82, 2.24) is 0 Å². The van der Waals surface area contributed by atoms with Gasteiger partial charge in [-0.1, -0.05) is 12.2 Å². The summed E-state index contributed by atoms with van der Waals surface area (Å²) in [5, 5.41) is 0. The van der Waals surface area contributed by atoms with E-state index in [2.05, 4.69) is 18.2 Å². The van der Waals surface area contributed by atoms with Crippen LogP contribution in [0.2, 0.25) is 0 Å². The molecular formula is C9H11NO. The molecule has 2 heteroatoms. The average Bonchev–Trinajstić information content (AvgIpc) is 2.50. The second-order valence-corrected chi connectivity index (χ2v) is 2.81. The zero-order valence-electron chi connectivity index (χ0n) is 6.23. The van der Waals surface area contributed by atoms with Gasteiger partial charge in [0, 0.05) is 12.5 Å². The fourth-order valence-corrected chi connectivity index (χ4v) is 1.41. The van der Waals surface area contributed by atoms with Gasteiger partial charge in [0.25, 0.3) is 0 Å². The summed E-state index contributed by atoms with van der Waals surface area (Å²) in [5.74, 6) is 0.415. The van der Waals surface area contributed by atoms with E-state index < -0.39 is 0 Å². The van der Waals surface area contributed by atoms with Gasteiger partial charge in [0.1, 0.15) is 6.10 Å². The van der Waals surface area contributed by atoms with Crippen molar-refractivity contribution in [2.45, 2.75) is 6.10 Å². The highest BCUT2D eigenvalue weighted by atomic mass is 16.5. The van der Waals surface area contributed by atoms with Gasteiger partial charge in [-0.2, -0.15) is 0 Å². The lowest BCUT2D eigenvalue weighted by molar-refractivity contribution is 0.192. The Morgan fingerprint density at radius 1 is 1.45 bits per heavy atom. The van der Waals surface area contributed by atoms with Crippen LogP contribution in [0.5, 0.6) is 0 Å². The van der Waals surface area contributed by atoms with Crippen LogP contribution in [0.15, 0.2) is 36.1 Å². The van der Waals surface area contributed by atoms with E-state index in [1.54, 1.807) is 6.26 Å². The molecule has 1 heterocycles. The number of nitrogens with two attached hydrogens (primary N) is 1. The van der Waals surface area contributed by atoms with E-state index in [-0.39, 0.29) is 6.10 Å². The SMILES string of the molecule is NCC1=CC2C=COC2C=C1. The summed E-state index contributed by atoms with van der Waals surface area (Å²) in [6, 6.07) is 0. The van der Waals surface area contributed by atoms with Crippen molar-refractivity contribution in [3.63, 3.8) is 0 Å². The molecule has 2 rings (SSSR count). The zero-order chi connectivity index (χ0) is 7.68. The Balaban J connectivity index is 2.19. The fourth-order valence-electron chi connectivity index (χ4n) is 1.41. The zero-order valence-corrected chi connectivity index (χ0v) is 6.23. The third-order valence-corrected chi connectivity index (χ3v) is 2.06. The summed E-state index contributed by atoms with van der Waals surface area (Å²) >= 11 is 0. The summed E-state index contributed by atoms with van der Waals surface area (Å²) < 4.78 is 5.30. The van der Waals surface area contributed by atoms with Crippen LogP contribution in [0.25, 0.3) is 0 Å². The minimum absolute atomic E-state index is 0.227. The molecule has 1 aliphatic heterocycles. The Hall–Kier alpha value is -1.02. The van der Waals surface area contributed by atoms with Crippen molar-refractivity contribution < 1.29 is 4.74 Å². The molecule has 0 aromatic carbocycles. The van der Waals surface area contributed by atoms with Crippen molar-refractivity contribution in [3.8, 4) is 0 Å². The average molecular weight is 149 g/mol. The van der Waals surface area contributed by atoms with Gasteiger partial charge in [-0.05, 0) is 17.7 Å². The third kappa shape index (κ3) is 1.10. The molecule has 2 unspecified atom stereocenters. The smallest absolute Gasteiger partial charge is 0.126 e. The lowest BCUT2D eigenvalue weighted by atomic mass is 9.95. The molecule has 2 N–H and O–H groups in total. The lowest BCUT2D eigenvalue weighted by Crippen LogP contribution is -2.17. The van der Waals surface area contributed by atoms with Crippen LogP contribution in [0, 0.1) is 5.92 Å². The standard InChI is InChI=1S/C9H11NO/c10-6-7-1-2-9-8(5-7)3-4-11-9/h1-5,8-9H,6,10H2. The highest BCUT2D eigenvalue weighted by molar-refractivity contribution is 5.31. The number of hydrogen-bond acceptors (Lipinski definition) is 2. The minimum Gasteiger partial charge on any atom is -0.493 e. The monoisotopic (exact) mass is 149 g/mol. The van der Waals surface area contributed by atoms with Crippen LogP contribution in [0.3, 0.4) is 0 Å². The quantitative estimate of drug-likeness (QED) is 0.603. The van der Waals surface area contributed by atoms with Gasteiger partial charge in [0.15, 0.2) is 0 Å². The van der Waals surface area contributed by atoms with Crippen LogP contribution in [0.4, 0.5) is 0 Å². The van der Waals surface area contributed by atoms with Crippen molar-refractivity contribution >= 4 is 0 Å². The highest BCUT2D eigenvalue weighted by Crippen LogP contribution is 2.25. The van der Waals surface area contributed by atoms with Crippen molar-refractivity contribution in [1.29, 1.82) is 0 Å². The normalized spacial score (nSPS) is 33.0. The maximum Gasteiger partial charge on any atom is 0.126 e. The first-order valence-corrected chi connectivity index (χ1v) is 3.81. The summed E-state index contributed by atoms with van der Waals surface area (Å²) in [6.07, 6.45) is 10.3. The fraction of sp³-hybridized carbons (Fsp3) is 0.333. The van der Waals surface area contributed by atoms with E-state index in [1.165, 1.54) is 5.57 Å². The first-order chi connectivity index (χ1) is 5.40. The minimum atomic E-state index is 0.227. The molecule has 1 aliphatic carbocycles. The van der Waals surface area contributed by atoms with Crippen LogP contribution < -0.4 is 5.73 Å². The molecule has 0 aromatic rings. The topological polar surface area (TPSA) is 35.2 Å². The largest absolute Gasteiger partial charge is 0.493 e. The van der Waals surface area contributed by atoms with Gasteiger partial charge in [-0.25, -0.2) is 0 Å². The van der Waals surface area contributed by atoms with Gasteiger partial charge < -0.3 is 10.5 Å². The molecule has 2 aliphatic rings. The number of rotatable bonds is 1. The molecule has 2 nitrogen and oxygen atoms in total. The van der Waals surface area contributed by atoms with E-state index in [0.29, 0.717) is 12.5 Å². The molecule has 0 aromatic heterocycles. The Morgan fingerprint density at radius 2 is 2.36 bits per heavy atom. The van der Waals surface area contributed by atoms with E-state index in [0.717, 1.165) is 0 Å². The summed E-state index contributed by atoms with van der Waals surface area (Å²) in [5.41, 5.74) is 6.70.